The molecule has 5 heteroatoms. The summed E-state index contributed by atoms with van der Waals surface area (Å²) in [6.07, 6.45) is 0. The molecule has 0 saturated carbocycles. The van der Waals surface area contributed by atoms with E-state index >= 15 is 0 Å². The number of nitrogens with zero attached hydrogens (tertiary/aromatic N) is 1. The highest BCUT2D eigenvalue weighted by atomic mass is 16.5. The zero-order valence-corrected chi connectivity index (χ0v) is 15.1. The summed E-state index contributed by atoms with van der Waals surface area (Å²) in [5, 5.41) is 0. The molecule has 1 atom stereocenters. The van der Waals surface area contributed by atoms with Crippen LogP contribution in [0.5, 0.6) is 0 Å². The zero-order chi connectivity index (χ0) is 19.6. The van der Waals surface area contributed by atoms with Gasteiger partial charge in [-0.25, -0.2) is 9.69 Å². The van der Waals surface area contributed by atoms with Crippen LogP contribution >= 0.6 is 0 Å². The van der Waals surface area contributed by atoms with Crippen LogP contribution in [-0.4, -0.2) is 24.9 Å². The molecule has 0 bridgehead atoms. The van der Waals surface area contributed by atoms with Crippen molar-refractivity contribution in [2.24, 2.45) is 0 Å². The van der Waals surface area contributed by atoms with E-state index in [0.29, 0.717) is 16.8 Å². The molecule has 0 aliphatic carbocycles. The third-order valence-corrected chi connectivity index (χ3v) is 4.59. The molecule has 2 aromatic carbocycles. The maximum Gasteiger partial charge on any atom is 0.334 e. The molecule has 27 heavy (non-hydrogen) atoms. The summed E-state index contributed by atoms with van der Waals surface area (Å²) in [7, 11) is 1.26. The average molecular weight is 361 g/mol. The summed E-state index contributed by atoms with van der Waals surface area (Å²) in [6, 6.07) is 17.7. The van der Waals surface area contributed by atoms with Crippen molar-refractivity contribution >= 4 is 23.5 Å². The standard InChI is InChI=1S/C22H19NO4/c1-14-19(21(25)23(20(14)24)17-12-8-5-9-13-17)18(15(2)22(26)27-3)16-10-6-4-7-11-16/h4-13,18H,2H2,1,3H3/t18-/m1/s1. The van der Waals surface area contributed by atoms with Gasteiger partial charge in [-0.05, 0) is 24.6 Å². The number of para-hydroxylation sites is 1. The van der Waals surface area contributed by atoms with Crippen LogP contribution in [0.4, 0.5) is 5.69 Å². The highest BCUT2D eigenvalue weighted by molar-refractivity contribution is 6.33. The average Bonchev–Trinajstić information content (AvgIpc) is 2.92. The minimum atomic E-state index is -0.760. The van der Waals surface area contributed by atoms with E-state index in [1.165, 1.54) is 7.11 Å². The minimum absolute atomic E-state index is 0.106. The third-order valence-electron chi connectivity index (χ3n) is 4.59. The molecule has 0 unspecified atom stereocenters. The Morgan fingerprint density at radius 3 is 2.07 bits per heavy atom. The molecule has 5 nitrogen and oxygen atoms in total. The van der Waals surface area contributed by atoms with Crippen molar-refractivity contribution in [3.63, 3.8) is 0 Å². The number of carbonyl (C=O) groups excluding carboxylic acids is 3. The largest absolute Gasteiger partial charge is 0.466 e. The number of hydrogen-bond donors (Lipinski definition) is 0. The van der Waals surface area contributed by atoms with E-state index in [4.69, 9.17) is 4.74 Å². The van der Waals surface area contributed by atoms with Crippen LogP contribution < -0.4 is 4.90 Å². The molecule has 0 radical (unpaired) electrons. The van der Waals surface area contributed by atoms with Crippen LogP contribution in [0, 0.1) is 0 Å². The summed E-state index contributed by atoms with van der Waals surface area (Å²) in [5.41, 5.74) is 1.82. The van der Waals surface area contributed by atoms with Gasteiger partial charge >= 0.3 is 5.97 Å². The predicted molar refractivity (Wildman–Crippen MR) is 102 cm³/mol. The maximum atomic E-state index is 13.2. The number of hydrogen-bond acceptors (Lipinski definition) is 4. The topological polar surface area (TPSA) is 63.7 Å². The summed E-state index contributed by atoms with van der Waals surface area (Å²) in [5.74, 6) is -2.24. The van der Waals surface area contributed by atoms with Crippen LogP contribution in [-0.2, 0) is 19.1 Å². The molecule has 136 valence electrons. The first-order valence-electron chi connectivity index (χ1n) is 8.44. The summed E-state index contributed by atoms with van der Waals surface area (Å²) in [4.78, 5) is 39.3. The number of ether oxygens (including phenoxy) is 1. The van der Waals surface area contributed by atoms with Gasteiger partial charge in [0.2, 0.25) is 0 Å². The Bertz CT molecular complexity index is 945. The van der Waals surface area contributed by atoms with E-state index in [1.807, 2.05) is 12.1 Å². The van der Waals surface area contributed by atoms with E-state index in [9.17, 15) is 14.4 Å². The van der Waals surface area contributed by atoms with E-state index in [2.05, 4.69) is 6.58 Å². The number of imide groups is 1. The van der Waals surface area contributed by atoms with E-state index in [1.54, 1.807) is 55.5 Å². The number of anilines is 1. The van der Waals surface area contributed by atoms with Gasteiger partial charge in [0.1, 0.15) is 0 Å². The minimum Gasteiger partial charge on any atom is -0.466 e. The van der Waals surface area contributed by atoms with Crippen LogP contribution in [0.15, 0.2) is 84.0 Å². The molecule has 0 spiro atoms. The second kappa shape index (κ2) is 7.41. The fourth-order valence-electron chi connectivity index (χ4n) is 3.24. The van der Waals surface area contributed by atoms with Crippen molar-refractivity contribution in [3.05, 3.63) is 89.5 Å². The number of benzene rings is 2. The van der Waals surface area contributed by atoms with Crippen LogP contribution in [0.3, 0.4) is 0 Å². The van der Waals surface area contributed by atoms with Gasteiger partial charge in [-0.2, -0.15) is 0 Å². The molecule has 0 saturated heterocycles. The lowest BCUT2D eigenvalue weighted by Crippen LogP contribution is -2.32. The Balaban J connectivity index is 2.12. The van der Waals surface area contributed by atoms with Crippen LogP contribution in [0.1, 0.15) is 18.4 Å². The van der Waals surface area contributed by atoms with Crippen molar-refractivity contribution in [2.45, 2.75) is 12.8 Å². The molecule has 3 rings (SSSR count). The van der Waals surface area contributed by atoms with Gasteiger partial charge in [0.15, 0.2) is 0 Å². The van der Waals surface area contributed by atoms with Gasteiger partial charge in [-0.1, -0.05) is 55.1 Å². The number of methoxy groups -OCH3 is 1. The normalized spacial score (nSPS) is 15.1. The van der Waals surface area contributed by atoms with Crippen LogP contribution in [0.25, 0.3) is 0 Å². The molecular formula is C22H19NO4. The van der Waals surface area contributed by atoms with Crippen LogP contribution in [0.2, 0.25) is 0 Å². The van der Waals surface area contributed by atoms with E-state index < -0.39 is 23.7 Å². The highest BCUT2D eigenvalue weighted by Gasteiger charge is 2.42. The lowest BCUT2D eigenvalue weighted by atomic mass is 9.83. The van der Waals surface area contributed by atoms with E-state index in [-0.39, 0.29) is 11.1 Å². The van der Waals surface area contributed by atoms with Gasteiger partial charge < -0.3 is 4.74 Å². The van der Waals surface area contributed by atoms with Gasteiger partial charge in [-0.3, -0.25) is 9.59 Å². The number of esters is 1. The SMILES string of the molecule is C=C(C(=O)OC)[C@@H](C1=C(C)C(=O)N(c2ccccc2)C1=O)c1ccccc1. The third kappa shape index (κ3) is 3.19. The summed E-state index contributed by atoms with van der Waals surface area (Å²) < 4.78 is 4.81. The van der Waals surface area contributed by atoms with Gasteiger partial charge in [-0.15, -0.1) is 0 Å². The Labute approximate surface area is 157 Å². The Morgan fingerprint density at radius 2 is 1.52 bits per heavy atom. The van der Waals surface area contributed by atoms with Crippen molar-refractivity contribution in [1.82, 2.24) is 0 Å². The molecule has 1 aliphatic rings. The fraction of sp³-hybridized carbons (Fsp3) is 0.136. The monoisotopic (exact) mass is 361 g/mol. The summed E-state index contributed by atoms with van der Waals surface area (Å²) in [6.45, 7) is 5.44. The van der Waals surface area contributed by atoms with Crippen molar-refractivity contribution in [3.8, 4) is 0 Å². The smallest absolute Gasteiger partial charge is 0.334 e. The highest BCUT2D eigenvalue weighted by Crippen LogP contribution is 2.39. The van der Waals surface area contributed by atoms with E-state index in [0.717, 1.165) is 4.90 Å². The quantitative estimate of drug-likeness (QED) is 0.465. The first-order chi connectivity index (χ1) is 13.0. The second-order valence-corrected chi connectivity index (χ2v) is 6.18. The molecular weight excluding hydrogens is 342 g/mol. The lowest BCUT2D eigenvalue weighted by molar-refractivity contribution is -0.136. The number of carbonyl (C=O) groups is 3. The molecule has 0 N–H and O–H groups in total. The molecule has 1 heterocycles. The van der Waals surface area contributed by atoms with Gasteiger partial charge in [0.05, 0.1) is 12.8 Å². The molecule has 0 fully saturated rings. The van der Waals surface area contributed by atoms with Gasteiger partial charge in [0.25, 0.3) is 11.8 Å². The summed E-state index contributed by atoms with van der Waals surface area (Å²) >= 11 is 0. The van der Waals surface area contributed by atoms with Gasteiger partial charge in [0, 0.05) is 22.6 Å². The fourth-order valence-corrected chi connectivity index (χ4v) is 3.24. The van der Waals surface area contributed by atoms with Crippen molar-refractivity contribution < 1.29 is 19.1 Å². The predicted octanol–water partition coefficient (Wildman–Crippen LogP) is 3.39. The molecule has 2 aromatic rings. The first-order valence-corrected chi connectivity index (χ1v) is 8.44. The molecule has 0 aromatic heterocycles. The Hall–Kier alpha value is -3.47. The van der Waals surface area contributed by atoms with Crippen molar-refractivity contribution in [1.29, 1.82) is 0 Å². The lowest BCUT2D eigenvalue weighted by Gasteiger charge is -2.21. The zero-order valence-electron chi connectivity index (χ0n) is 15.1. The Morgan fingerprint density at radius 1 is 0.963 bits per heavy atom. The molecule has 2 amide bonds. The van der Waals surface area contributed by atoms with Crippen molar-refractivity contribution in [2.75, 3.05) is 12.0 Å². The maximum absolute atomic E-state index is 13.2. The first kappa shape index (κ1) is 18.3. The number of amides is 2. The Kier molecular flexibility index (Phi) is 5.03. The second-order valence-electron chi connectivity index (χ2n) is 6.18. The number of rotatable bonds is 5. The molecule has 1 aliphatic heterocycles.